The standard InChI is InChI=1S/C13H16ClNO/c1-9(5-6-15-2)13-8-10-7-11(14)3-4-12(10)16-13/h3-4,7-9,15H,5-6H2,1-2H3. The van der Waals surface area contributed by atoms with Crippen molar-refractivity contribution in [3.05, 3.63) is 35.0 Å². The lowest BCUT2D eigenvalue weighted by Crippen LogP contribution is -2.10. The third-order valence-corrected chi connectivity index (χ3v) is 3.05. The SMILES string of the molecule is CNCCC(C)c1cc2cc(Cl)ccc2o1. The monoisotopic (exact) mass is 237 g/mol. The molecule has 1 unspecified atom stereocenters. The lowest BCUT2D eigenvalue weighted by molar-refractivity contribution is 0.484. The van der Waals surface area contributed by atoms with Crippen LogP contribution in [0.4, 0.5) is 0 Å². The molecule has 1 aromatic heterocycles. The number of fused-ring (bicyclic) bond motifs is 1. The molecular weight excluding hydrogens is 222 g/mol. The van der Waals surface area contributed by atoms with Gasteiger partial charge in [-0.1, -0.05) is 18.5 Å². The van der Waals surface area contributed by atoms with Gasteiger partial charge in [-0.05, 0) is 44.3 Å². The summed E-state index contributed by atoms with van der Waals surface area (Å²) in [6, 6.07) is 7.80. The van der Waals surface area contributed by atoms with Gasteiger partial charge < -0.3 is 9.73 Å². The van der Waals surface area contributed by atoms with E-state index in [1.54, 1.807) is 0 Å². The second-order valence-electron chi connectivity index (χ2n) is 4.12. The molecule has 86 valence electrons. The van der Waals surface area contributed by atoms with Crippen molar-refractivity contribution in [1.29, 1.82) is 0 Å². The van der Waals surface area contributed by atoms with Crippen LogP contribution in [-0.2, 0) is 0 Å². The van der Waals surface area contributed by atoms with Crippen LogP contribution < -0.4 is 5.32 Å². The van der Waals surface area contributed by atoms with E-state index in [1.807, 2.05) is 25.2 Å². The molecule has 0 aliphatic carbocycles. The van der Waals surface area contributed by atoms with E-state index >= 15 is 0 Å². The van der Waals surface area contributed by atoms with Crippen LogP contribution in [0.25, 0.3) is 11.0 Å². The molecule has 16 heavy (non-hydrogen) atoms. The molecule has 0 amide bonds. The van der Waals surface area contributed by atoms with E-state index in [-0.39, 0.29) is 0 Å². The summed E-state index contributed by atoms with van der Waals surface area (Å²) in [5.41, 5.74) is 0.913. The van der Waals surface area contributed by atoms with Gasteiger partial charge in [-0.15, -0.1) is 0 Å². The number of benzene rings is 1. The van der Waals surface area contributed by atoms with Crippen LogP contribution in [0.1, 0.15) is 25.0 Å². The topological polar surface area (TPSA) is 25.2 Å². The van der Waals surface area contributed by atoms with E-state index in [2.05, 4.69) is 18.3 Å². The van der Waals surface area contributed by atoms with E-state index < -0.39 is 0 Å². The van der Waals surface area contributed by atoms with Crippen molar-refractivity contribution in [1.82, 2.24) is 5.32 Å². The van der Waals surface area contributed by atoms with Gasteiger partial charge in [0.05, 0.1) is 0 Å². The smallest absolute Gasteiger partial charge is 0.134 e. The van der Waals surface area contributed by atoms with Gasteiger partial charge in [0.25, 0.3) is 0 Å². The maximum Gasteiger partial charge on any atom is 0.134 e. The van der Waals surface area contributed by atoms with Crippen LogP contribution >= 0.6 is 11.6 Å². The Labute approximate surface area is 101 Å². The molecule has 2 nitrogen and oxygen atoms in total. The number of hydrogen-bond donors (Lipinski definition) is 1. The van der Waals surface area contributed by atoms with Crippen molar-refractivity contribution in [2.75, 3.05) is 13.6 Å². The van der Waals surface area contributed by atoms with E-state index in [0.717, 1.165) is 34.7 Å². The normalized spacial score (nSPS) is 13.2. The Morgan fingerprint density at radius 3 is 2.94 bits per heavy atom. The van der Waals surface area contributed by atoms with Gasteiger partial charge in [-0.3, -0.25) is 0 Å². The van der Waals surface area contributed by atoms with Crippen LogP contribution in [0.3, 0.4) is 0 Å². The third kappa shape index (κ3) is 2.39. The molecule has 0 saturated carbocycles. The quantitative estimate of drug-likeness (QED) is 0.875. The summed E-state index contributed by atoms with van der Waals surface area (Å²) in [6.07, 6.45) is 1.07. The molecule has 0 fully saturated rings. The number of hydrogen-bond acceptors (Lipinski definition) is 2. The summed E-state index contributed by atoms with van der Waals surface area (Å²) in [5, 5.41) is 4.98. The fourth-order valence-corrected chi connectivity index (χ4v) is 1.96. The van der Waals surface area contributed by atoms with Gasteiger partial charge in [0, 0.05) is 16.3 Å². The number of rotatable bonds is 4. The van der Waals surface area contributed by atoms with Crippen molar-refractivity contribution < 1.29 is 4.42 Å². The molecule has 2 rings (SSSR count). The average molecular weight is 238 g/mol. The molecule has 1 N–H and O–H groups in total. The second kappa shape index (κ2) is 4.89. The molecule has 0 aliphatic heterocycles. The fourth-order valence-electron chi connectivity index (χ4n) is 1.78. The van der Waals surface area contributed by atoms with E-state index in [4.69, 9.17) is 16.0 Å². The molecule has 0 bridgehead atoms. The minimum absolute atomic E-state index is 0.429. The Kier molecular flexibility index (Phi) is 3.52. The zero-order chi connectivity index (χ0) is 11.5. The van der Waals surface area contributed by atoms with Crippen LogP contribution in [0.5, 0.6) is 0 Å². The van der Waals surface area contributed by atoms with Gasteiger partial charge >= 0.3 is 0 Å². The Balaban J connectivity index is 2.25. The lowest BCUT2D eigenvalue weighted by atomic mass is 10.0. The van der Waals surface area contributed by atoms with Crippen LogP contribution in [0, 0.1) is 0 Å². The molecule has 2 aromatic rings. The highest BCUT2D eigenvalue weighted by Gasteiger charge is 2.11. The molecule has 1 heterocycles. The van der Waals surface area contributed by atoms with Crippen molar-refractivity contribution >= 4 is 22.6 Å². The van der Waals surface area contributed by atoms with Crippen LogP contribution in [0.15, 0.2) is 28.7 Å². The average Bonchev–Trinajstić information content (AvgIpc) is 2.68. The molecule has 1 atom stereocenters. The first-order chi connectivity index (χ1) is 7.70. The number of halogens is 1. The van der Waals surface area contributed by atoms with E-state index in [1.165, 1.54) is 0 Å². The predicted molar refractivity (Wildman–Crippen MR) is 68.2 cm³/mol. The maximum atomic E-state index is 5.94. The highest BCUT2D eigenvalue weighted by molar-refractivity contribution is 6.31. The summed E-state index contributed by atoms with van der Waals surface area (Å²) in [5.74, 6) is 1.46. The molecule has 0 saturated heterocycles. The highest BCUT2D eigenvalue weighted by Crippen LogP contribution is 2.28. The highest BCUT2D eigenvalue weighted by atomic mass is 35.5. The first-order valence-electron chi connectivity index (χ1n) is 5.54. The fraction of sp³-hybridized carbons (Fsp3) is 0.385. The molecule has 0 aliphatic rings. The Bertz CT molecular complexity index is 478. The lowest BCUT2D eigenvalue weighted by Gasteiger charge is -2.06. The zero-order valence-corrected chi connectivity index (χ0v) is 10.3. The summed E-state index contributed by atoms with van der Waals surface area (Å²) in [7, 11) is 1.96. The van der Waals surface area contributed by atoms with Crippen LogP contribution in [0.2, 0.25) is 5.02 Å². The molecule has 1 aromatic carbocycles. The first kappa shape index (κ1) is 11.5. The Morgan fingerprint density at radius 1 is 1.38 bits per heavy atom. The minimum atomic E-state index is 0.429. The molecule has 0 spiro atoms. The molecule has 3 heteroatoms. The third-order valence-electron chi connectivity index (χ3n) is 2.81. The van der Waals surface area contributed by atoms with E-state index in [0.29, 0.717) is 5.92 Å². The van der Waals surface area contributed by atoms with E-state index in [9.17, 15) is 0 Å². The van der Waals surface area contributed by atoms with Gasteiger partial charge in [0.1, 0.15) is 11.3 Å². The zero-order valence-electron chi connectivity index (χ0n) is 9.59. The summed E-state index contributed by atoms with van der Waals surface area (Å²) >= 11 is 5.94. The summed E-state index contributed by atoms with van der Waals surface area (Å²) in [4.78, 5) is 0. The predicted octanol–water partition coefficient (Wildman–Crippen LogP) is 3.80. The summed E-state index contributed by atoms with van der Waals surface area (Å²) < 4.78 is 5.80. The van der Waals surface area contributed by atoms with Gasteiger partial charge in [-0.25, -0.2) is 0 Å². The maximum absolute atomic E-state index is 5.94. The Hall–Kier alpha value is -0.990. The van der Waals surface area contributed by atoms with Crippen molar-refractivity contribution in [3.63, 3.8) is 0 Å². The van der Waals surface area contributed by atoms with Gasteiger partial charge in [-0.2, -0.15) is 0 Å². The summed E-state index contributed by atoms with van der Waals surface area (Å²) in [6.45, 7) is 3.18. The molecule has 0 radical (unpaired) electrons. The van der Waals surface area contributed by atoms with Crippen molar-refractivity contribution in [3.8, 4) is 0 Å². The minimum Gasteiger partial charge on any atom is -0.461 e. The van der Waals surface area contributed by atoms with Gasteiger partial charge in [0.15, 0.2) is 0 Å². The van der Waals surface area contributed by atoms with Crippen LogP contribution in [-0.4, -0.2) is 13.6 Å². The first-order valence-corrected chi connectivity index (χ1v) is 5.92. The largest absolute Gasteiger partial charge is 0.461 e. The number of nitrogens with one attached hydrogen (secondary N) is 1. The second-order valence-corrected chi connectivity index (χ2v) is 4.56. The Morgan fingerprint density at radius 2 is 2.19 bits per heavy atom. The van der Waals surface area contributed by atoms with Crippen molar-refractivity contribution in [2.45, 2.75) is 19.3 Å². The molecular formula is C13H16ClNO. The van der Waals surface area contributed by atoms with Gasteiger partial charge in [0.2, 0.25) is 0 Å². The number of furan rings is 1. The van der Waals surface area contributed by atoms with Crippen molar-refractivity contribution in [2.24, 2.45) is 0 Å².